The van der Waals surface area contributed by atoms with Gasteiger partial charge in [0.15, 0.2) is 5.13 Å². The highest BCUT2D eigenvalue weighted by molar-refractivity contribution is 7.90. The minimum Gasteiger partial charge on any atom is -0.444 e. The number of hydrogen-bond acceptors (Lipinski definition) is 12. The van der Waals surface area contributed by atoms with Crippen LogP contribution >= 0.6 is 11.3 Å². The van der Waals surface area contributed by atoms with E-state index in [-0.39, 0.29) is 31.2 Å². The lowest BCUT2D eigenvalue weighted by Crippen LogP contribution is -2.52. The maximum absolute atomic E-state index is 14.1. The number of likely N-dealkylation sites (tertiary alicyclic amines) is 1. The summed E-state index contributed by atoms with van der Waals surface area (Å²) in [6, 6.07) is 7.64. The second-order valence-electron chi connectivity index (χ2n) is 16.3. The first-order chi connectivity index (χ1) is 27.6. The number of carbonyl (C=O) groups excluding carboxylic acids is 5. The second-order valence-corrected chi connectivity index (χ2v) is 19.3. The number of carbonyl (C=O) groups is 5. The fourth-order valence-corrected chi connectivity index (χ4v) is 9.50. The minimum atomic E-state index is -3.56. The van der Waals surface area contributed by atoms with Crippen LogP contribution in [0.25, 0.3) is 0 Å². The number of rotatable bonds is 16. The SMILES string of the molecule is C=NC(=O)[C@@H]1C[C@@H](OC(=O)N2CCc3nc(Nc4ccccc4)sc3C2)CN1C(=O)[C@H](CCCCC/C=C\[C@@H]1C[C@@H]1C(=O)NS(=O)(=O)C1CC1)NC(=O)OC(C)(C)C. The summed E-state index contributed by atoms with van der Waals surface area (Å²) in [7, 11) is -3.56. The van der Waals surface area contributed by atoms with E-state index in [1.165, 1.54) is 16.2 Å². The van der Waals surface area contributed by atoms with E-state index >= 15 is 0 Å². The van der Waals surface area contributed by atoms with Gasteiger partial charge < -0.3 is 29.9 Å². The van der Waals surface area contributed by atoms with Gasteiger partial charge in [0, 0.05) is 35.9 Å². The molecule has 3 N–H and O–H groups in total. The molecule has 1 aromatic heterocycles. The Kier molecular flexibility index (Phi) is 13.6. The van der Waals surface area contributed by atoms with Crippen LogP contribution in [-0.2, 0) is 46.8 Å². The number of para-hydroxylation sites is 1. The van der Waals surface area contributed by atoms with Crippen LogP contribution in [0.3, 0.4) is 0 Å². The lowest BCUT2D eigenvalue weighted by atomic mass is 10.0. The Morgan fingerprint density at radius 3 is 2.55 bits per heavy atom. The number of unbranched alkanes of at least 4 members (excludes halogenated alkanes) is 3. The normalized spacial score (nSPS) is 22.1. The van der Waals surface area contributed by atoms with Crippen molar-refractivity contribution in [2.45, 2.75) is 121 Å². The number of allylic oxidation sites excluding steroid dienone is 2. The van der Waals surface area contributed by atoms with Gasteiger partial charge in [-0.1, -0.05) is 54.5 Å². The zero-order valence-electron chi connectivity index (χ0n) is 33.2. The molecule has 18 heteroatoms. The van der Waals surface area contributed by atoms with Crippen molar-refractivity contribution >= 4 is 68.8 Å². The van der Waals surface area contributed by atoms with Gasteiger partial charge in [-0.05, 0) is 84.1 Å². The Bertz CT molecular complexity index is 2000. The number of thiazole rings is 1. The number of nitrogens with one attached hydrogen (secondary N) is 3. The first-order valence-corrected chi connectivity index (χ1v) is 22.3. The average molecular weight is 840 g/mol. The van der Waals surface area contributed by atoms with Gasteiger partial charge in [-0.3, -0.25) is 19.1 Å². The highest BCUT2D eigenvalue weighted by Crippen LogP contribution is 2.40. The molecule has 5 amide bonds. The molecule has 3 fully saturated rings. The summed E-state index contributed by atoms with van der Waals surface area (Å²) in [6.45, 7) is 9.17. The molecular weight excluding hydrogens is 787 g/mol. The number of alkyl carbamates (subject to hydrolysis) is 1. The topological polar surface area (TPSA) is 206 Å². The highest BCUT2D eigenvalue weighted by atomic mass is 32.2. The summed E-state index contributed by atoms with van der Waals surface area (Å²) in [5.74, 6) is -1.90. The predicted octanol–water partition coefficient (Wildman–Crippen LogP) is 5.22. The van der Waals surface area contributed by atoms with Gasteiger partial charge in [0.2, 0.25) is 21.8 Å². The minimum absolute atomic E-state index is 0.0145. The fourth-order valence-electron chi connectivity index (χ4n) is 7.10. The molecule has 4 aliphatic rings. The Morgan fingerprint density at radius 1 is 1.09 bits per heavy atom. The molecule has 0 radical (unpaired) electrons. The number of amides is 5. The molecule has 1 saturated heterocycles. The number of aromatic nitrogens is 1. The van der Waals surface area contributed by atoms with E-state index in [0.717, 1.165) is 40.7 Å². The number of nitrogens with zero attached hydrogens (tertiary/aromatic N) is 4. The van der Waals surface area contributed by atoms with E-state index in [9.17, 15) is 32.4 Å². The molecular formula is C40H53N7O9S2. The summed E-state index contributed by atoms with van der Waals surface area (Å²) in [5.41, 5.74) is 1.02. The molecule has 0 bridgehead atoms. The van der Waals surface area contributed by atoms with Gasteiger partial charge in [0.25, 0.3) is 5.91 Å². The molecule has 5 atom stereocenters. The molecule has 2 aliphatic heterocycles. The molecule has 1 aromatic carbocycles. The molecule has 0 spiro atoms. The number of sulfonamides is 1. The smallest absolute Gasteiger partial charge is 0.410 e. The van der Waals surface area contributed by atoms with Crippen molar-refractivity contribution in [2.75, 3.05) is 18.4 Å². The van der Waals surface area contributed by atoms with E-state index in [4.69, 9.17) is 14.5 Å². The first kappa shape index (κ1) is 42.8. The van der Waals surface area contributed by atoms with Crippen LogP contribution in [0.1, 0.15) is 89.1 Å². The van der Waals surface area contributed by atoms with Gasteiger partial charge in [-0.2, -0.15) is 0 Å². The van der Waals surface area contributed by atoms with E-state index in [2.05, 4.69) is 27.1 Å². The number of ether oxygens (including phenoxy) is 2. The Hall–Kier alpha value is -4.84. The lowest BCUT2D eigenvalue weighted by Gasteiger charge is -2.29. The van der Waals surface area contributed by atoms with Gasteiger partial charge in [0.05, 0.1) is 24.0 Å². The van der Waals surface area contributed by atoms with Crippen molar-refractivity contribution in [3.63, 3.8) is 0 Å². The van der Waals surface area contributed by atoms with Crippen LogP contribution in [0.4, 0.5) is 20.4 Å². The molecule has 16 nitrogen and oxygen atoms in total. The maximum Gasteiger partial charge on any atom is 0.410 e. The van der Waals surface area contributed by atoms with Crippen molar-refractivity contribution in [3.05, 3.63) is 53.1 Å². The number of anilines is 2. The summed E-state index contributed by atoms with van der Waals surface area (Å²) in [4.78, 5) is 77.9. The third kappa shape index (κ3) is 11.6. The molecule has 2 aromatic rings. The van der Waals surface area contributed by atoms with Crippen molar-refractivity contribution in [3.8, 4) is 0 Å². The summed E-state index contributed by atoms with van der Waals surface area (Å²) < 4.78 is 37.7. The molecule has 0 unspecified atom stereocenters. The van der Waals surface area contributed by atoms with Crippen LogP contribution in [-0.4, -0.2) is 102 Å². The van der Waals surface area contributed by atoms with Gasteiger partial charge in [-0.25, -0.2) is 28.0 Å². The van der Waals surface area contributed by atoms with E-state index in [1.807, 2.05) is 42.5 Å². The van der Waals surface area contributed by atoms with Crippen molar-refractivity contribution in [1.82, 2.24) is 24.8 Å². The zero-order valence-corrected chi connectivity index (χ0v) is 34.8. The molecule has 6 rings (SSSR count). The number of hydrogen-bond donors (Lipinski definition) is 3. The lowest BCUT2D eigenvalue weighted by molar-refractivity contribution is -0.139. The van der Waals surface area contributed by atoms with Gasteiger partial charge in [-0.15, -0.1) is 0 Å². The van der Waals surface area contributed by atoms with E-state index in [1.54, 1.807) is 25.7 Å². The third-order valence-electron chi connectivity index (χ3n) is 10.4. The molecule has 314 valence electrons. The van der Waals surface area contributed by atoms with Crippen LogP contribution in [0.5, 0.6) is 0 Å². The van der Waals surface area contributed by atoms with Crippen molar-refractivity contribution in [2.24, 2.45) is 16.8 Å². The second kappa shape index (κ2) is 18.4. The van der Waals surface area contributed by atoms with Crippen LogP contribution in [0.2, 0.25) is 0 Å². The zero-order chi connectivity index (χ0) is 41.6. The molecule has 3 heterocycles. The van der Waals surface area contributed by atoms with Crippen molar-refractivity contribution in [1.29, 1.82) is 0 Å². The summed E-state index contributed by atoms with van der Waals surface area (Å²) >= 11 is 1.47. The Balaban J connectivity index is 1.01. The number of fused-ring (bicyclic) bond motifs is 1. The standard InChI is InChI=1S/C40H53N7O9S2/c1-40(2,3)56-38(51)44-31(16-12-7-5-6-9-13-25-21-29(25)34(48)45-58(53,54)28-17-18-28)36(50)47-23-27(22-32(47)35(49)41-4)55-39(52)46-20-19-30-33(24-46)57-37(43-30)42-26-14-10-8-11-15-26/h8-11,13-15,25,27-29,31-32H,4-7,12,16-24H2,1-3H3,(H,42,43)(H,44,51)(H,45,48)/b13-9-/t25-,27-,29+,31+,32+/m1/s1. The van der Waals surface area contributed by atoms with Crippen LogP contribution in [0.15, 0.2) is 47.5 Å². The van der Waals surface area contributed by atoms with Crippen LogP contribution < -0.4 is 15.4 Å². The maximum atomic E-state index is 14.1. The predicted molar refractivity (Wildman–Crippen MR) is 218 cm³/mol. The summed E-state index contributed by atoms with van der Waals surface area (Å²) in [5, 5.41) is 6.29. The van der Waals surface area contributed by atoms with Gasteiger partial charge in [0.1, 0.15) is 23.8 Å². The van der Waals surface area contributed by atoms with E-state index in [0.29, 0.717) is 45.2 Å². The first-order valence-electron chi connectivity index (χ1n) is 19.9. The summed E-state index contributed by atoms with van der Waals surface area (Å²) in [6.07, 6.45) is 7.24. The van der Waals surface area contributed by atoms with Crippen molar-refractivity contribution < 1.29 is 41.9 Å². The Labute approximate surface area is 343 Å². The molecule has 58 heavy (non-hydrogen) atoms. The Morgan fingerprint density at radius 2 is 1.84 bits per heavy atom. The monoisotopic (exact) mass is 839 g/mol. The van der Waals surface area contributed by atoms with Crippen LogP contribution in [0, 0.1) is 11.8 Å². The third-order valence-corrected chi connectivity index (χ3v) is 13.2. The number of aliphatic imine (C=N–C) groups is 1. The average Bonchev–Trinajstić information content (AvgIpc) is 4.09. The van der Waals surface area contributed by atoms with Gasteiger partial charge >= 0.3 is 12.2 Å². The largest absolute Gasteiger partial charge is 0.444 e. The molecule has 2 aliphatic carbocycles. The quantitative estimate of drug-likeness (QED) is 0.114. The fraction of sp³-hybridized carbons (Fsp3) is 0.575. The number of benzene rings is 1. The van der Waals surface area contributed by atoms with E-state index < -0.39 is 69.0 Å². The highest BCUT2D eigenvalue weighted by Gasteiger charge is 2.46. The molecule has 2 saturated carbocycles.